The van der Waals surface area contributed by atoms with Gasteiger partial charge in [-0.25, -0.2) is 0 Å². The van der Waals surface area contributed by atoms with Gasteiger partial charge in [0.1, 0.15) is 0 Å². The van der Waals surface area contributed by atoms with Crippen molar-refractivity contribution in [3.63, 3.8) is 0 Å². The van der Waals surface area contributed by atoms with Gasteiger partial charge in [-0.15, -0.1) is 0 Å². The maximum Gasteiger partial charge on any atom is 0.0485 e. The Balaban J connectivity index is 2.11. The Morgan fingerprint density at radius 3 is 2.29 bits per heavy atom. The molecule has 0 saturated carbocycles. The van der Waals surface area contributed by atoms with Crippen LogP contribution in [0.15, 0.2) is 54.6 Å². The van der Waals surface area contributed by atoms with Gasteiger partial charge in [-0.2, -0.15) is 0 Å². The van der Waals surface area contributed by atoms with Crippen LogP contribution in [0.1, 0.15) is 25.0 Å². The minimum atomic E-state index is -0.191. The fourth-order valence-corrected chi connectivity index (χ4v) is 4.13. The number of rotatable bonds is 1. The summed E-state index contributed by atoms with van der Waals surface area (Å²) in [6, 6.07) is 18.1. The molecule has 0 bridgehead atoms. The number of benzene rings is 3. The molecule has 0 atom stereocenters. The average molecular weight is 335 g/mol. The number of fused-ring (bicyclic) bond motifs is 3. The first-order valence-corrected chi connectivity index (χ1v) is 8.37. The zero-order valence-corrected chi connectivity index (χ0v) is 14.5. The lowest BCUT2D eigenvalue weighted by molar-refractivity contribution is 0.662. The zero-order chi connectivity index (χ0) is 17.1. The first kappa shape index (κ1) is 15.1. The van der Waals surface area contributed by atoms with Gasteiger partial charge in [0, 0.05) is 32.9 Å². The van der Waals surface area contributed by atoms with E-state index in [4.69, 9.17) is 23.1 Å². The molecular formula is C21H19ClN2. The first-order chi connectivity index (χ1) is 11.4. The van der Waals surface area contributed by atoms with E-state index in [0.717, 1.165) is 22.5 Å². The van der Waals surface area contributed by atoms with Crippen molar-refractivity contribution in [1.29, 1.82) is 0 Å². The Kier molecular flexibility index (Phi) is 3.16. The molecule has 2 nitrogen and oxygen atoms in total. The van der Waals surface area contributed by atoms with E-state index in [1.54, 1.807) is 0 Å². The lowest BCUT2D eigenvalue weighted by Gasteiger charge is -2.26. The van der Waals surface area contributed by atoms with E-state index in [2.05, 4.69) is 32.0 Å². The van der Waals surface area contributed by atoms with E-state index in [1.807, 2.05) is 36.4 Å². The molecule has 0 radical (unpaired) electrons. The Morgan fingerprint density at radius 1 is 0.833 bits per heavy atom. The highest BCUT2D eigenvalue weighted by Gasteiger charge is 2.38. The summed E-state index contributed by atoms with van der Waals surface area (Å²) in [6.45, 7) is 4.44. The standard InChI is InChI=1S/C21H19ClN2/c1-21(2)16-11-12(23)7-8-13(16)14-9-10-18(24)19(20(14)21)15-5-3-4-6-17(15)22/h3-11H,23-24H2,1-2H3. The van der Waals surface area contributed by atoms with Crippen LogP contribution in [-0.4, -0.2) is 0 Å². The second-order valence-corrected chi connectivity index (χ2v) is 7.27. The molecule has 0 aromatic heterocycles. The summed E-state index contributed by atoms with van der Waals surface area (Å²) in [6.07, 6.45) is 0. The van der Waals surface area contributed by atoms with Crippen molar-refractivity contribution in [3.05, 3.63) is 70.7 Å². The SMILES string of the molecule is CC1(C)c2cc(N)ccc2-c2ccc(N)c(-c3ccccc3Cl)c21. The molecule has 3 heteroatoms. The Labute approximate surface area is 147 Å². The Hall–Kier alpha value is -2.45. The van der Waals surface area contributed by atoms with Crippen LogP contribution >= 0.6 is 11.6 Å². The van der Waals surface area contributed by atoms with Crippen molar-refractivity contribution in [2.24, 2.45) is 0 Å². The normalized spacial score (nSPS) is 14.3. The van der Waals surface area contributed by atoms with Crippen LogP contribution in [0.4, 0.5) is 11.4 Å². The number of hydrogen-bond acceptors (Lipinski definition) is 2. The first-order valence-electron chi connectivity index (χ1n) is 7.99. The van der Waals surface area contributed by atoms with Crippen molar-refractivity contribution in [2.45, 2.75) is 19.3 Å². The molecular weight excluding hydrogens is 316 g/mol. The minimum absolute atomic E-state index is 0.191. The van der Waals surface area contributed by atoms with Gasteiger partial charge in [-0.05, 0) is 46.5 Å². The largest absolute Gasteiger partial charge is 0.399 e. The van der Waals surface area contributed by atoms with Gasteiger partial charge in [0.15, 0.2) is 0 Å². The van der Waals surface area contributed by atoms with Crippen LogP contribution in [0.2, 0.25) is 5.02 Å². The number of nitrogens with two attached hydrogens (primary N) is 2. The predicted molar refractivity (Wildman–Crippen MR) is 103 cm³/mol. The van der Waals surface area contributed by atoms with Crippen molar-refractivity contribution < 1.29 is 0 Å². The maximum absolute atomic E-state index is 6.49. The Bertz CT molecular complexity index is 974. The number of hydrogen-bond donors (Lipinski definition) is 2. The molecule has 0 spiro atoms. The van der Waals surface area contributed by atoms with Crippen molar-refractivity contribution >= 4 is 23.0 Å². The smallest absolute Gasteiger partial charge is 0.0485 e. The molecule has 0 aliphatic heterocycles. The summed E-state index contributed by atoms with van der Waals surface area (Å²) in [5, 5.41) is 0.712. The third-order valence-corrected chi connectivity index (χ3v) is 5.34. The molecule has 3 aromatic carbocycles. The summed E-state index contributed by atoms with van der Waals surface area (Å²) in [4.78, 5) is 0. The zero-order valence-electron chi connectivity index (χ0n) is 13.7. The van der Waals surface area contributed by atoms with E-state index >= 15 is 0 Å². The summed E-state index contributed by atoms with van der Waals surface area (Å²) in [5.41, 5.74) is 20.7. The maximum atomic E-state index is 6.49. The van der Waals surface area contributed by atoms with E-state index in [9.17, 15) is 0 Å². The number of nitrogen functional groups attached to an aromatic ring is 2. The van der Waals surface area contributed by atoms with Gasteiger partial charge in [-0.3, -0.25) is 0 Å². The van der Waals surface area contributed by atoms with Gasteiger partial charge >= 0.3 is 0 Å². The fourth-order valence-electron chi connectivity index (χ4n) is 3.90. The van der Waals surface area contributed by atoms with E-state index in [0.29, 0.717) is 5.02 Å². The Morgan fingerprint density at radius 2 is 1.54 bits per heavy atom. The van der Waals surface area contributed by atoms with Crippen LogP contribution in [0, 0.1) is 0 Å². The predicted octanol–water partition coefficient (Wildman–Crippen LogP) is 5.48. The van der Waals surface area contributed by atoms with Crippen LogP contribution in [0.3, 0.4) is 0 Å². The molecule has 3 aromatic rings. The summed E-state index contributed by atoms with van der Waals surface area (Å²) >= 11 is 6.49. The molecule has 4 rings (SSSR count). The molecule has 0 fully saturated rings. The average Bonchev–Trinajstić information content (AvgIpc) is 2.76. The lowest BCUT2D eigenvalue weighted by atomic mass is 9.78. The molecule has 1 aliphatic carbocycles. The van der Waals surface area contributed by atoms with E-state index < -0.39 is 0 Å². The topological polar surface area (TPSA) is 52.0 Å². The van der Waals surface area contributed by atoms with Crippen LogP contribution in [0.25, 0.3) is 22.3 Å². The van der Waals surface area contributed by atoms with Crippen LogP contribution in [0.5, 0.6) is 0 Å². The highest BCUT2D eigenvalue weighted by molar-refractivity contribution is 6.33. The highest BCUT2D eigenvalue weighted by atomic mass is 35.5. The van der Waals surface area contributed by atoms with Gasteiger partial charge in [0.05, 0.1) is 0 Å². The molecule has 0 unspecified atom stereocenters. The second-order valence-electron chi connectivity index (χ2n) is 6.86. The summed E-state index contributed by atoms with van der Waals surface area (Å²) in [5.74, 6) is 0. The minimum Gasteiger partial charge on any atom is -0.399 e. The third-order valence-electron chi connectivity index (χ3n) is 5.01. The van der Waals surface area contributed by atoms with Crippen molar-refractivity contribution in [1.82, 2.24) is 0 Å². The van der Waals surface area contributed by atoms with E-state index in [1.165, 1.54) is 22.3 Å². The quantitative estimate of drug-likeness (QED) is 0.579. The van der Waals surface area contributed by atoms with Gasteiger partial charge < -0.3 is 11.5 Å². The summed E-state index contributed by atoms with van der Waals surface area (Å²) in [7, 11) is 0. The molecule has 120 valence electrons. The third kappa shape index (κ3) is 1.96. The molecule has 24 heavy (non-hydrogen) atoms. The molecule has 4 N–H and O–H groups in total. The molecule has 0 amide bonds. The highest BCUT2D eigenvalue weighted by Crippen LogP contribution is 2.54. The van der Waals surface area contributed by atoms with Crippen molar-refractivity contribution in [2.75, 3.05) is 11.5 Å². The summed E-state index contributed by atoms with van der Waals surface area (Å²) < 4.78 is 0. The van der Waals surface area contributed by atoms with Gasteiger partial charge in [0.2, 0.25) is 0 Å². The molecule has 0 saturated heterocycles. The molecule has 1 aliphatic rings. The monoisotopic (exact) mass is 334 g/mol. The number of halogens is 1. The number of anilines is 2. The second kappa shape index (κ2) is 5.02. The molecule has 0 heterocycles. The van der Waals surface area contributed by atoms with E-state index in [-0.39, 0.29) is 5.41 Å². The van der Waals surface area contributed by atoms with Gasteiger partial charge in [0.25, 0.3) is 0 Å². The fraction of sp³-hybridized carbons (Fsp3) is 0.143. The van der Waals surface area contributed by atoms with Crippen molar-refractivity contribution in [3.8, 4) is 22.3 Å². The van der Waals surface area contributed by atoms with Crippen LogP contribution in [-0.2, 0) is 5.41 Å². The van der Waals surface area contributed by atoms with Crippen LogP contribution < -0.4 is 11.5 Å². The van der Waals surface area contributed by atoms with Gasteiger partial charge in [-0.1, -0.05) is 55.8 Å². The lowest BCUT2D eigenvalue weighted by Crippen LogP contribution is -2.17.